The second-order valence-electron chi connectivity index (χ2n) is 10.9. The minimum atomic E-state index is -0.261. The molecule has 0 atom stereocenters. The van der Waals surface area contributed by atoms with Gasteiger partial charge < -0.3 is 20.6 Å². The molecule has 35 heavy (non-hydrogen) atoms. The molecule has 1 aliphatic heterocycles. The van der Waals surface area contributed by atoms with Gasteiger partial charge in [0.2, 0.25) is 5.95 Å². The summed E-state index contributed by atoms with van der Waals surface area (Å²) in [5.74, 6) is 2.52. The van der Waals surface area contributed by atoms with Gasteiger partial charge in [-0.15, -0.1) is 0 Å². The molecule has 6 nitrogen and oxygen atoms in total. The van der Waals surface area contributed by atoms with Gasteiger partial charge in [0.05, 0.1) is 6.10 Å². The van der Waals surface area contributed by atoms with Crippen LogP contribution in [0.25, 0.3) is 0 Å². The molecule has 2 heterocycles. The third kappa shape index (κ3) is 6.70. The van der Waals surface area contributed by atoms with Crippen molar-refractivity contribution in [2.24, 2.45) is 5.92 Å². The number of aliphatic hydroxyl groups excluding tert-OH is 1. The average molecular weight is 482 g/mol. The zero-order valence-corrected chi connectivity index (χ0v) is 20.8. The van der Waals surface area contributed by atoms with Crippen LogP contribution in [0.4, 0.5) is 21.8 Å². The van der Waals surface area contributed by atoms with E-state index >= 15 is 0 Å². The smallest absolute Gasteiger partial charge is 0.229 e. The molecule has 190 valence electrons. The van der Waals surface area contributed by atoms with E-state index < -0.39 is 0 Å². The summed E-state index contributed by atoms with van der Waals surface area (Å²) in [6.07, 6.45) is 14.7. The molecule has 5 rings (SSSR count). The molecular weight excluding hydrogens is 441 g/mol. The van der Waals surface area contributed by atoms with Gasteiger partial charge in [0.25, 0.3) is 0 Å². The average Bonchev–Trinajstić information content (AvgIpc) is 2.88. The van der Waals surface area contributed by atoms with Crippen molar-refractivity contribution in [2.75, 3.05) is 30.3 Å². The van der Waals surface area contributed by atoms with Gasteiger partial charge in [-0.05, 0) is 101 Å². The maximum Gasteiger partial charge on any atom is 0.229 e. The summed E-state index contributed by atoms with van der Waals surface area (Å²) < 4.78 is 13.3. The lowest BCUT2D eigenvalue weighted by molar-refractivity contribution is 0.126. The van der Waals surface area contributed by atoms with Crippen LogP contribution < -0.4 is 10.6 Å². The largest absolute Gasteiger partial charge is 0.393 e. The molecule has 1 aromatic carbocycles. The van der Waals surface area contributed by atoms with Gasteiger partial charge in [-0.25, -0.2) is 9.37 Å². The first-order valence-corrected chi connectivity index (χ1v) is 13.7. The topological polar surface area (TPSA) is 73.3 Å². The highest BCUT2D eigenvalue weighted by Crippen LogP contribution is 2.35. The van der Waals surface area contributed by atoms with Crippen LogP contribution >= 0.6 is 0 Å². The zero-order chi connectivity index (χ0) is 24.0. The van der Waals surface area contributed by atoms with E-state index in [2.05, 4.69) is 20.5 Å². The van der Waals surface area contributed by atoms with Crippen LogP contribution in [0.15, 0.2) is 30.5 Å². The molecule has 7 heteroatoms. The normalized spacial score (nSPS) is 24.9. The van der Waals surface area contributed by atoms with Crippen LogP contribution in [-0.4, -0.2) is 51.8 Å². The number of benzene rings is 1. The summed E-state index contributed by atoms with van der Waals surface area (Å²) in [5, 5.41) is 16.9. The predicted molar refractivity (Wildman–Crippen MR) is 139 cm³/mol. The fourth-order valence-electron chi connectivity index (χ4n) is 6.10. The van der Waals surface area contributed by atoms with Crippen molar-refractivity contribution in [3.05, 3.63) is 41.8 Å². The van der Waals surface area contributed by atoms with Gasteiger partial charge in [0.15, 0.2) is 0 Å². The van der Waals surface area contributed by atoms with E-state index in [1.807, 2.05) is 6.20 Å². The maximum absolute atomic E-state index is 13.3. The number of hydrogen-bond acceptors (Lipinski definition) is 6. The molecule has 3 fully saturated rings. The van der Waals surface area contributed by atoms with Crippen LogP contribution in [-0.2, 0) is 0 Å². The highest BCUT2D eigenvalue weighted by atomic mass is 19.1. The monoisotopic (exact) mass is 481 g/mol. The Bertz CT molecular complexity index is 933. The van der Waals surface area contributed by atoms with E-state index in [-0.39, 0.29) is 11.9 Å². The number of rotatable bonds is 7. The third-order valence-electron chi connectivity index (χ3n) is 8.22. The molecule has 0 radical (unpaired) electrons. The van der Waals surface area contributed by atoms with Crippen molar-refractivity contribution in [1.29, 1.82) is 0 Å². The highest BCUT2D eigenvalue weighted by Gasteiger charge is 2.27. The molecule has 0 spiro atoms. The Morgan fingerprint density at radius 1 is 0.914 bits per heavy atom. The molecule has 1 saturated heterocycles. The molecule has 2 aromatic rings. The van der Waals surface area contributed by atoms with Gasteiger partial charge in [-0.1, -0.05) is 19.3 Å². The number of aromatic nitrogens is 2. The van der Waals surface area contributed by atoms with Crippen molar-refractivity contribution >= 4 is 17.5 Å². The van der Waals surface area contributed by atoms with Crippen LogP contribution in [0.3, 0.4) is 0 Å². The number of likely N-dealkylation sites (tertiary alicyclic amines) is 1. The number of hydrogen-bond donors (Lipinski definition) is 3. The summed E-state index contributed by atoms with van der Waals surface area (Å²) in [6.45, 7) is 3.55. The van der Waals surface area contributed by atoms with Crippen LogP contribution in [0.1, 0.15) is 82.1 Å². The van der Waals surface area contributed by atoms with Crippen molar-refractivity contribution in [3.63, 3.8) is 0 Å². The van der Waals surface area contributed by atoms with E-state index in [0.717, 1.165) is 69.0 Å². The van der Waals surface area contributed by atoms with E-state index in [1.54, 1.807) is 12.1 Å². The van der Waals surface area contributed by atoms with Gasteiger partial charge in [0.1, 0.15) is 11.6 Å². The predicted octanol–water partition coefficient (Wildman–Crippen LogP) is 5.83. The van der Waals surface area contributed by atoms with Crippen molar-refractivity contribution in [1.82, 2.24) is 14.9 Å². The summed E-state index contributed by atoms with van der Waals surface area (Å²) >= 11 is 0. The SMILES string of the molecule is OC1CCC(Nc2nc(Nc3ccc(F)cc3)ncc2C2CCN(CC3CCCCC3)CC2)CC1. The Morgan fingerprint density at radius 2 is 1.63 bits per heavy atom. The lowest BCUT2D eigenvalue weighted by Gasteiger charge is -2.36. The van der Waals surface area contributed by atoms with Gasteiger partial charge >= 0.3 is 0 Å². The molecule has 0 unspecified atom stereocenters. The standard InChI is InChI=1S/C28H40FN5O/c29-22-6-8-24(9-7-22)32-28-30-18-26(27(33-28)31-23-10-12-25(35)13-11-23)21-14-16-34(17-15-21)19-20-4-2-1-3-5-20/h6-9,18,20-21,23,25,35H,1-5,10-17,19H2,(H2,30,31,32,33). The molecular formula is C28H40FN5O. The summed E-state index contributed by atoms with van der Waals surface area (Å²) in [4.78, 5) is 12.2. The number of halogens is 1. The fourth-order valence-corrected chi connectivity index (χ4v) is 6.10. The Balaban J connectivity index is 1.27. The summed E-state index contributed by atoms with van der Waals surface area (Å²) in [7, 11) is 0. The molecule has 2 aliphatic carbocycles. The Labute approximate surface area is 208 Å². The lowest BCUT2D eigenvalue weighted by atomic mass is 9.86. The number of aliphatic hydroxyl groups is 1. The van der Waals surface area contributed by atoms with Gasteiger partial charge in [0, 0.05) is 30.0 Å². The molecule has 3 aliphatic rings. The number of piperidine rings is 1. The van der Waals surface area contributed by atoms with E-state index in [1.165, 1.54) is 56.3 Å². The zero-order valence-electron chi connectivity index (χ0n) is 20.8. The molecule has 0 amide bonds. The Kier molecular flexibility index (Phi) is 8.14. The molecule has 1 aromatic heterocycles. The van der Waals surface area contributed by atoms with E-state index in [0.29, 0.717) is 17.9 Å². The fraction of sp³-hybridized carbons (Fsp3) is 0.643. The van der Waals surface area contributed by atoms with E-state index in [9.17, 15) is 9.50 Å². The van der Waals surface area contributed by atoms with Gasteiger partial charge in [-0.3, -0.25) is 0 Å². The quantitative estimate of drug-likeness (QED) is 0.462. The first-order chi connectivity index (χ1) is 17.1. The number of anilines is 3. The molecule has 3 N–H and O–H groups in total. The Morgan fingerprint density at radius 3 is 2.34 bits per heavy atom. The first-order valence-electron chi connectivity index (χ1n) is 13.7. The van der Waals surface area contributed by atoms with Crippen LogP contribution in [0.2, 0.25) is 0 Å². The second-order valence-corrected chi connectivity index (χ2v) is 10.9. The van der Waals surface area contributed by atoms with Crippen molar-refractivity contribution in [2.45, 2.75) is 88.7 Å². The van der Waals surface area contributed by atoms with Gasteiger partial charge in [-0.2, -0.15) is 4.98 Å². The lowest BCUT2D eigenvalue weighted by Crippen LogP contribution is -2.37. The second kappa shape index (κ2) is 11.7. The minimum Gasteiger partial charge on any atom is -0.393 e. The molecule has 2 saturated carbocycles. The number of nitrogens with one attached hydrogen (secondary N) is 2. The third-order valence-corrected chi connectivity index (χ3v) is 8.22. The number of nitrogens with zero attached hydrogens (tertiary/aromatic N) is 3. The maximum atomic E-state index is 13.3. The summed E-state index contributed by atoms with van der Waals surface area (Å²) in [5.41, 5.74) is 1.97. The van der Waals surface area contributed by atoms with E-state index in [4.69, 9.17) is 4.98 Å². The van der Waals surface area contributed by atoms with Crippen LogP contribution in [0.5, 0.6) is 0 Å². The van der Waals surface area contributed by atoms with Crippen LogP contribution in [0, 0.1) is 11.7 Å². The van der Waals surface area contributed by atoms with Crippen molar-refractivity contribution in [3.8, 4) is 0 Å². The minimum absolute atomic E-state index is 0.179. The molecule has 0 bridgehead atoms. The summed E-state index contributed by atoms with van der Waals surface area (Å²) in [6, 6.07) is 6.58. The first kappa shape index (κ1) is 24.4. The Hall–Kier alpha value is -2.25. The van der Waals surface area contributed by atoms with Crippen molar-refractivity contribution < 1.29 is 9.50 Å². The highest BCUT2D eigenvalue weighted by molar-refractivity contribution is 5.57.